The lowest BCUT2D eigenvalue weighted by Crippen LogP contribution is -2.37. The van der Waals surface area contributed by atoms with Gasteiger partial charge in [-0.25, -0.2) is 9.96 Å². The minimum atomic E-state index is -0.914. The topological polar surface area (TPSA) is 68.3 Å². The Bertz CT molecular complexity index is 1240. The predicted octanol–water partition coefficient (Wildman–Crippen LogP) is 4.37. The number of hydrogen-bond donors (Lipinski definition) is 0. The molecule has 0 aromatic heterocycles. The second-order valence-corrected chi connectivity index (χ2v) is 8.57. The summed E-state index contributed by atoms with van der Waals surface area (Å²) in [5, 5.41) is 1.67. The molecule has 7 nitrogen and oxygen atoms in total. The van der Waals surface area contributed by atoms with Crippen molar-refractivity contribution in [2.75, 3.05) is 24.2 Å². The second-order valence-electron chi connectivity index (χ2n) is 8.57. The van der Waals surface area contributed by atoms with Crippen molar-refractivity contribution in [3.05, 3.63) is 83.4 Å². The van der Waals surface area contributed by atoms with Gasteiger partial charge in [0.15, 0.2) is 6.10 Å². The summed E-state index contributed by atoms with van der Waals surface area (Å²) in [6, 6.07) is 20.0. The van der Waals surface area contributed by atoms with Crippen LogP contribution in [0.25, 0.3) is 0 Å². The van der Waals surface area contributed by atoms with Crippen molar-refractivity contribution < 1.29 is 23.9 Å². The number of benzene rings is 3. The van der Waals surface area contributed by atoms with Gasteiger partial charge in [0.2, 0.25) is 5.91 Å². The van der Waals surface area contributed by atoms with Crippen LogP contribution >= 0.6 is 0 Å². The third-order valence-corrected chi connectivity index (χ3v) is 6.65. The SMILES string of the molecule is COc1ccc([C@H]2[C@H]3C(=O)N(c4ccc(C)c(C)c4)C(=O)[C@H]3ON2c2ccc(OC)cc2)cc1. The van der Waals surface area contributed by atoms with E-state index < -0.39 is 18.1 Å². The number of carbonyl (C=O) groups is 2. The first-order valence-corrected chi connectivity index (χ1v) is 11.1. The van der Waals surface area contributed by atoms with Gasteiger partial charge in [0.25, 0.3) is 5.91 Å². The Hall–Kier alpha value is -3.84. The van der Waals surface area contributed by atoms with Crippen LogP contribution in [0.15, 0.2) is 66.7 Å². The van der Waals surface area contributed by atoms with Crippen LogP contribution in [0.2, 0.25) is 0 Å². The summed E-state index contributed by atoms with van der Waals surface area (Å²) in [7, 11) is 3.21. The fourth-order valence-corrected chi connectivity index (χ4v) is 4.63. The molecule has 2 aliphatic rings. The molecule has 0 radical (unpaired) electrons. The number of ether oxygens (including phenoxy) is 2. The van der Waals surface area contributed by atoms with E-state index in [1.165, 1.54) is 4.90 Å². The van der Waals surface area contributed by atoms with Crippen LogP contribution in [0.1, 0.15) is 22.7 Å². The maximum absolute atomic E-state index is 13.7. The van der Waals surface area contributed by atoms with E-state index in [1.807, 2.05) is 80.6 Å². The highest BCUT2D eigenvalue weighted by molar-refractivity contribution is 6.24. The standard InChI is InChI=1S/C27H26N2O5/c1-16-5-8-20(15-17(16)2)28-26(30)23-24(18-6-11-21(32-3)12-7-18)29(34-25(23)27(28)31)19-9-13-22(33-4)14-10-19/h5-15,23-25H,1-4H3/t23-,24+,25+/m1/s1. The summed E-state index contributed by atoms with van der Waals surface area (Å²) < 4.78 is 10.6. The van der Waals surface area contributed by atoms with Crippen molar-refractivity contribution in [3.8, 4) is 11.5 Å². The molecule has 0 unspecified atom stereocenters. The lowest BCUT2D eigenvalue weighted by Gasteiger charge is -2.29. The summed E-state index contributed by atoms with van der Waals surface area (Å²) in [6.45, 7) is 3.96. The quantitative estimate of drug-likeness (QED) is 0.529. The zero-order valence-electron chi connectivity index (χ0n) is 19.5. The summed E-state index contributed by atoms with van der Waals surface area (Å²) in [6.07, 6.45) is -0.914. The molecule has 0 aliphatic carbocycles. The Balaban J connectivity index is 1.56. The molecular weight excluding hydrogens is 432 g/mol. The Kier molecular flexibility index (Phi) is 5.49. The van der Waals surface area contributed by atoms with Gasteiger partial charge in [0.1, 0.15) is 17.4 Å². The molecule has 0 spiro atoms. The lowest BCUT2D eigenvalue weighted by molar-refractivity contribution is -0.126. The molecule has 2 fully saturated rings. The molecule has 2 saturated heterocycles. The molecule has 3 atom stereocenters. The maximum Gasteiger partial charge on any atom is 0.266 e. The predicted molar refractivity (Wildman–Crippen MR) is 128 cm³/mol. The van der Waals surface area contributed by atoms with Crippen molar-refractivity contribution in [2.45, 2.75) is 26.0 Å². The van der Waals surface area contributed by atoms with Crippen LogP contribution in [-0.4, -0.2) is 32.1 Å². The van der Waals surface area contributed by atoms with E-state index >= 15 is 0 Å². The summed E-state index contributed by atoms with van der Waals surface area (Å²) in [5.41, 5.74) is 4.27. The van der Waals surface area contributed by atoms with Crippen molar-refractivity contribution >= 4 is 23.2 Å². The molecule has 7 heteroatoms. The minimum absolute atomic E-state index is 0.268. The van der Waals surface area contributed by atoms with Gasteiger partial charge in [-0.05, 0) is 79.1 Å². The van der Waals surface area contributed by atoms with E-state index in [0.717, 1.165) is 22.4 Å². The van der Waals surface area contributed by atoms with Gasteiger partial charge in [-0.1, -0.05) is 18.2 Å². The van der Waals surface area contributed by atoms with Crippen molar-refractivity contribution in [1.29, 1.82) is 0 Å². The molecule has 3 aromatic carbocycles. The molecular formula is C27H26N2O5. The number of imide groups is 1. The van der Waals surface area contributed by atoms with Crippen LogP contribution in [0, 0.1) is 19.8 Å². The Morgan fingerprint density at radius 3 is 1.91 bits per heavy atom. The van der Waals surface area contributed by atoms with E-state index in [1.54, 1.807) is 19.3 Å². The van der Waals surface area contributed by atoms with Crippen LogP contribution < -0.4 is 19.4 Å². The van der Waals surface area contributed by atoms with Crippen molar-refractivity contribution in [2.24, 2.45) is 5.92 Å². The van der Waals surface area contributed by atoms with Crippen LogP contribution in [0.5, 0.6) is 11.5 Å². The van der Waals surface area contributed by atoms with Gasteiger partial charge in [0, 0.05) is 0 Å². The van der Waals surface area contributed by atoms with Gasteiger partial charge in [-0.3, -0.25) is 14.4 Å². The van der Waals surface area contributed by atoms with E-state index in [0.29, 0.717) is 17.2 Å². The molecule has 34 heavy (non-hydrogen) atoms. The molecule has 0 bridgehead atoms. The highest BCUT2D eigenvalue weighted by Crippen LogP contribution is 2.48. The highest BCUT2D eigenvalue weighted by Gasteiger charge is 2.60. The first kappa shape index (κ1) is 22.0. The number of fused-ring (bicyclic) bond motifs is 1. The zero-order valence-corrected chi connectivity index (χ0v) is 19.5. The van der Waals surface area contributed by atoms with E-state index in [-0.39, 0.29) is 11.8 Å². The molecule has 5 rings (SSSR count). The molecule has 0 N–H and O–H groups in total. The number of methoxy groups -OCH3 is 2. The monoisotopic (exact) mass is 458 g/mol. The smallest absolute Gasteiger partial charge is 0.266 e. The number of amides is 2. The number of anilines is 2. The highest BCUT2D eigenvalue weighted by atomic mass is 16.7. The summed E-state index contributed by atoms with van der Waals surface area (Å²) in [5.74, 6) is 0.102. The summed E-state index contributed by atoms with van der Waals surface area (Å²) >= 11 is 0. The Morgan fingerprint density at radius 1 is 0.735 bits per heavy atom. The third kappa shape index (κ3) is 3.49. The molecule has 3 aromatic rings. The summed E-state index contributed by atoms with van der Waals surface area (Å²) in [4.78, 5) is 34.7. The van der Waals surface area contributed by atoms with Gasteiger partial charge in [-0.2, -0.15) is 0 Å². The fraction of sp³-hybridized carbons (Fsp3) is 0.259. The molecule has 0 saturated carbocycles. The van der Waals surface area contributed by atoms with Gasteiger partial charge < -0.3 is 9.47 Å². The van der Waals surface area contributed by atoms with Crippen LogP contribution in [0.3, 0.4) is 0 Å². The lowest BCUT2D eigenvalue weighted by atomic mass is 9.90. The number of carbonyl (C=O) groups excluding carboxylic acids is 2. The number of hydroxylamine groups is 1. The van der Waals surface area contributed by atoms with E-state index in [4.69, 9.17) is 14.3 Å². The van der Waals surface area contributed by atoms with Crippen LogP contribution in [0.4, 0.5) is 11.4 Å². The largest absolute Gasteiger partial charge is 0.497 e. The van der Waals surface area contributed by atoms with Gasteiger partial charge in [0.05, 0.1) is 31.6 Å². The van der Waals surface area contributed by atoms with Gasteiger partial charge in [-0.15, -0.1) is 0 Å². The number of hydrogen-bond acceptors (Lipinski definition) is 6. The van der Waals surface area contributed by atoms with E-state index in [9.17, 15) is 9.59 Å². The zero-order chi connectivity index (χ0) is 24.0. The first-order chi connectivity index (χ1) is 16.4. The van der Waals surface area contributed by atoms with E-state index in [2.05, 4.69) is 0 Å². The molecule has 174 valence electrons. The van der Waals surface area contributed by atoms with Crippen LogP contribution in [-0.2, 0) is 14.4 Å². The Labute approximate surface area is 198 Å². The Morgan fingerprint density at radius 2 is 1.32 bits per heavy atom. The first-order valence-electron chi connectivity index (χ1n) is 11.1. The van der Waals surface area contributed by atoms with Crippen molar-refractivity contribution in [3.63, 3.8) is 0 Å². The average Bonchev–Trinajstić information content (AvgIpc) is 3.37. The number of nitrogens with zero attached hydrogens (tertiary/aromatic N) is 2. The minimum Gasteiger partial charge on any atom is -0.497 e. The fourth-order valence-electron chi connectivity index (χ4n) is 4.63. The number of aryl methyl sites for hydroxylation is 2. The maximum atomic E-state index is 13.7. The number of rotatable bonds is 5. The molecule has 2 aliphatic heterocycles. The van der Waals surface area contributed by atoms with Gasteiger partial charge >= 0.3 is 0 Å². The average molecular weight is 459 g/mol. The molecule has 2 heterocycles. The molecule has 2 amide bonds. The van der Waals surface area contributed by atoms with Crippen molar-refractivity contribution in [1.82, 2.24) is 0 Å². The normalized spacial score (nSPS) is 21.7. The second kappa shape index (κ2) is 8.50. The third-order valence-electron chi connectivity index (χ3n) is 6.65.